The molecule has 2 aliphatic heterocycles. The second-order valence-electron chi connectivity index (χ2n) is 7.64. The topological polar surface area (TPSA) is 71.1 Å². The van der Waals surface area contributed by atoms with E-state index in [9.17, 15) is 9.59 Å². The van der Waals surface area contributed by atoms with Gasteiger partial charge in [0.15, 0.2) is 12.2 Å². The third-order valence-corrected chi connectivity index (χ3v) is 5.72. The summed E-state index contributed by atoms with van der Waals surface area (Å²) in [6.07, 6.45) is 0.167. The summed E-state index contributed by atoms with van der Waals surface area (Å²) in [5, 5.41) is 4.36. The van der Waals surface area contributed by atoms with Crippen molar-refractivity contribution in [3.8, 4) is 0 Å². The summed E-state index contributed by atoms with van der Waals surface area (Å²) in [6.45, 7) is 1.47. The Balaban J connectivity index is 1.48. The second kappa shape index (κ2) is 8.05. The molecule has 30 heavy (non-hydrogen) atoms. The summed E-state index contributed by atoms with van der Waals surface area (Å²) in [5.41, 5.74) is 2.00. The minimum atomic E-state index is -0.503. The lowest BCUT2D eigenvalue weighted by Crippen LogP contribution is -2.19. The Kier molecular flexibility index (Phi) is 5.11. The van der Waals surface area contributed by atoms with Gasteiger partial charge in [0.05, 0.1) is 26.4 Å². The third-order valence-electron chi connectivity index (χ3n) is 5.72. The number of cyclic esters (lactones) is 2. The lowest BCUT2D eigenvalue weighted by Gasteiger charge is -2.15. The number of fused-ring (bicyclic) bond motifs is 2. The van der Waals surface area contributed by atoms with Crippen LogP contribution in [0.5, 0.6) is 0 Å². The first-order chi connectivity index (χ1) is 14.7. The Labute approximate surface area is 173 Å². The van der Waals surface area contributed by atoms with Crippen molar-refractivity contribution in [1.29, 1.82) is 0 Å². The van der Waals surface area contributed by atoms with Crippen LogP contribution >= 0.6 is 0 Å². The van der Waals surface area contributed by atoms with Crippen LogP contribution in [0.25, 0.3) is 21.5 Å². The fraction of sp³-hybridized carbons (Fsp3) is 0.333. The molecule has 0 radical (unpaired) electrons. The van der Waals surface area contributed by atoms with Gasteiger partial charge in [-0.3, -0.25) is 0 Å². The molecule has 0 N–H and O–H groups in total. The first-order valence-corrected chi connectivity index (χ1v) is 10.2. The smallest absolute Gasteiger partial charge is 0.335 e. The minimum Gasteiger partial charge on any atom is -0.464 e. The van der Waals surface area contributed by atoms with Crippen molar-refractivity contribution in [3.63, 3.8) is 0 Å². The third kappa shape index (κ3) is 3.64. The van der Waals surface area contributed by atoms with Crippen LogP contribution in [0.3, 0.4) is 0 Å². The van der Waals surface area contributed by atoms with E-state index in [1.54, 1.807) is 0 Å². The van der Waals surface area contributed by atoms with Crippen molar-refractivity contribution in [1.82, 2.24) is 0 Å². The van der Waals surface area contributed by atoms with Crippen LogP contribution in [-0.4, -0.2) is 37.4 Å². The zero-order chi connectivity index (χ0) is 20.5. The fourth-order valence-electron chi connectivity index (χ4n) is 4.04. The number of benzene rings is 3. The van der Waals surface area contributed by atoms with Gasteiger partial charge in [0.25, 0.3) is 0 Å². The molecule has 2 heterocycles. The van der Waals surface area contributed by atoms with Crippen LogP contribution in [0.2, 0.25) is 0 Å². The van der Waals surface area contributed by atoms with Gasteiger partial charge in [0.1, 0.15) is 0 Å². The molecule has 0 saturated carbocycles. The average molecular weight is 406 g/mol. The van der Waals surface area contributed by atoms with Crippen molar-refractivity contribution >= 4 is 33.5 Å². The van der Waals surface area contributed by atoms with Crippen LogP contribution in [0, 0.1) is 0 Å². The maximum atomic E-state index is 11.7. The Morgan fingerprint density at radius 1 is 0.733 bits per heavy atom. The summed E-state index contributed by atoms with van der Waals surface area (Å²) >= 11 is 0. The Hall–Kier alpha value is -2.96. The van der Waals surface area contributed by atoms with Crippen molar-refractivity contribution in [2.45, 2.75) is 38.3 Å². The predicted octanol–water partition coefficient (Wildman–Crippen LogP) is 3.66. The molecule has 0 spiro atoms. The highest BCUT2D eigenvalue weighted by Gasteiger charge is 2.28. The second-order valence-corrected chi connectivity index (χ2v) is 7.64. The monoisotopic (exact) mass is 406 g/mol. The van der Waals surface area contributed by atoms with Crippen molar-refractivity contribution in [3.05, 3.63) is 59.7 Å². The van der Waals surface area contributed by atoms with Crippen molar-refractivity contribution in [2.75, 3.05) is 13.2 Å². The molecular formula is C24H22O6. The van der Waals surface area contributed by atoms with E-state index in [2.05, 4.69) is 24.3 Å². The molecule has 3 aromatic rings. The zero-order valence-electron chi connectivity index (χ0n) is 16.5. The van der Waals surface area contributed by atoms with Crippen LogP contribution in [0.15, 0.2) is 48.5 Å². The van der Waals surface area contributed by atoms with Gasteiger partial charge in [-0.25, -0.2) is 9.59 Å². The summed E-state index contributed by atoms with van der Waals surface area (Å²) in [6, 6.07) is 16.5. The van der Waals surface area contributed by atoms with Gasteiger partial charge in [-0.15, -0.1) is 0 Å². The standard InChI is InChI=1S/C24H22O6/c25-23-21(7-9-27-23)29-13-17-5-6-18(14-30-22-8-10-28-24(22)26)20-12-16-4-2-1-3-15(16)11-19(17)20/h1-6,11-12,21-22H,7-10,13-14H2. The molecule has 2 fully saturated rings. The largest absolute Gasteiger partial charge is 0.464 e. The molecule has 2 unspecified atom stereocenters. The van der Waals surface area contributed by atoms with E-state index in [0.717, 1.165) is 32.7 Å². The number of carbonyl (C=O) groups excluding carboxylic acids is 2. The van der Waals surface area contributed by atoms with E-state index in [1.165, 1.54) is 0 Å². The van der Waals surface area contributed by atoms with E-state index >= 15 is 0 Å². The van der Waals surface area contributed by atoms with Crippen LogP contribution in [0.1, 0.15) is 24.0 Å². The molecular weight excluding hydrogens is 384 g/mol. The number of ether oxygens (including phenoxy) is 4. The minimum absolute atomic E-state index is 0.293. The first kappa shape index (κ1) is 19.0. The summed E-state index contributed by atoms with van der Waals surface area (Å²) in [5.74, 6) is -0.587. The Bertz CT molecular complexity index is 1030. The molecule has 0 aromatic heterocycles. The Morgan fingerprint density at radius 2 is 1.20 bits per heavy atom. The van der Waals surface area contributed by atoms with Crippen molar-refractivity contribution < 1.29 is 28.5 Å². The molecule has 0 bridgehead atoms. The number of carbonyl (C=O) groups is 2. The number of hydrogen-bond acceptors (Lipinski definition) is 6. The highest BCUT2D eigenvalue weighted by atomic mass is 16.6. The zero-order valence-corrected chi connectivity index (χ0v) is 16.5. The van der Waals surface area contributed by atoms with Crippen LogP contribution in [0.4, 0.5) is 0 Å². The average Bonchev–Trinajstić information content (AvgIpc) is 3.37. The number of hydrogen-bond donors (Lipinski definition) is 0. The van der Waals surface area contributed by atoms with Gasteiger partial charge in [0.2, 0.25) is 0 Å². The van der Waals surface area contributed by atoms with Gasteiger partial charge in [0, 0.05) is 12.8 Å². The summed E-state index contributed by atoms with van der Waals surface area (Å²) < 4.78 is 21.7. The van der Waals surface area contributed by atoms with Gasteiger partial charge in [-0.05, 0) is 44.8 Å². The van der Waals surface area contributed by atoms with Gasteiger partial charge in [-0.1, -0.05) is 36.4 Å². The lowest BCUT2D eigenvalue weighted by atomic mass is 9.96. The van der Waals surface area contributed by atoms with E-state index in [4.69, 9.17) is 18.9 Å². The molecule has 2 saturated heterocycles. The molecule has 0 aliphatic carbocycles. The van der Waals surface area contributed by atoms with E-state index in [0.29, 0.717) is 39.3 Å². The van der Waals surface area contributed by atoms with E-state index in [1.807, 2.05) is 24.3 Å². The highest BCUT2D eigenvalue weighted by Crippen LogP contribution is 2.30. The lowest BCUT2D eigenvalue weighted by molar-refractivity contribution is -0.148. The normalized spacial score (nSPS) is 21.3. The SMILES string of the molecule is O=C1OCCC1OCc1ccc(COC2CCOC2=O)c2cc3ccccc3cc12. The first-order valence-electron chi connectivity index (χ1n) is 10.2. The Morgan fingerprint density at radius 3 is 1.60 bits per heavy atom. The number of esters is 2. The molecule has 0 amide bonds. The summed E-state index contributed by atoms with van der Waals surface area (Å²) in [4.78, 5) is 23.4. The quantitative estimate of drug-likeness (QED) is 0.460. The molecule has 154 valence electrons. The van der Waals surface area contributed by atoms with Crippen molar-refractivity contribution in [2.24, 2.45) is 0 Å². The molecule has 3 aromatic carbocycles. The molecule has 2 aliphatic rings. The van der Waals surface area contributed by atoms with E-state index < -0.39 is 12.2 Å². The number of rotatable bonds is 6. The van der Waals surface area contributed by atoms with Crippen LogP contribution in [-0.2, 0) is 41.8 Å². The molecule has 5 rings (SSSR count). The van der Waals surface area contributed by atoms with Gasteiger partial charge in [-0.2, -0.15) is 0 Å². The molecule has 6 nitrogen and oxygen atoms in total. The van der Waals surface area contributed by atoms with Crippen LogP contribution < -0.4 is 0 Å². The van der Waals surface area contributed by atoms with Gasteiger partial charge >= 0.3 is 11.9 Å². The predicted molar refractivity (Wildman–Crippen MR) is 110 cm³/mol. The molecule has 6 heteroatoms. The maximum absolute atomic E-state index is 11.7. The maximum Gasteiger partial charge on any atom is 0.335 e. The molecule has 2 atom stereocenters. The van der Waals surface area contributed by atoms with E-state index in [-0.39, 0.29) is 11.9 Å². The highest BCUT2D eigenvalue weighted by molar-refractivity contribution is 6.01. The van der Waals surface area contributed by atoms with Gasteiger partial charge < -0.3 is 18.9 Å². The summed E-state index contributed by atoms with van der Waals surface area (Å²) in [7, 11) is 0. The fourth-order valence-corrected chi connectivity index (χ4v) is 4.04.